The average Bonchev–Trinajstić information content (AvgIpc) is 2.09. The number of hydrogen-bond donors (Lipinski definition) is 0. The van der Waals surface area contributed by atoms with E-state index in [0.717, 1.165) is 0 Å². The summed E-state index contributed by atoms with van der Waals surface area (Å²) in [5, 5.41) is 0.335. The van der Waals surface area contributed by atoms with Gasteiger partial charge in [0.1, 0.15) is 6.29 Å². The van der Waals surface area contributed by atoms with Crippen LogP contribution in [0, 0.1) is 0 Å². The van der Waals surface area contributed by atoms with Crippen LogP contribution < -0.4 is 0 Å². The largest absolute Gasteiger partial charge is 0.395 e. The van der Waals surface area contributed by atoms with Crippen LogP contribution in [0.2, 0.25) is 11.1 Å². The van der Waals surface area contributed by atoms with E-state index in [1.807, 2.05) is 6.92 Å². The van der Waals surface area contributed by atoms with E-state index in [2.05, 4.69) is 27.7 Å². The summed E-state index contributed by atoms with van der Waals surface area (Å²) in [5.41, 5.74) is 0. The number of hydrogen-bond acceptors (Lipinski definition) is 2. The van der Waals surface area contributed by atoms with Gasteiger partial charge in [-0.25, -0.2) is 0 Å². The monoisotopic (exact) mass is 218 g/mol. The molecule has 2 atom stereocenters. The first-order valence-electron chi connectivity index (χ1n) is 5.60. The molecule has 86 valence electrons. The molecule has 0 bridgehead atoms. The zero-order valence-electron chi connectivity index (χ0n) is 10.6. The molecule has 14 heavy (non-hydrogen) atoms. The summed E-state index contributed by atoms with van der Waals surface area (Å²) in [4.78, 5) is 0. The zero-order chi connectivity index (χ0) is 11.2. The van der Waals surface area contributed by atoms with E-state index < -0.39 is 9.04 Å². The molecule has 0 fully saturated rings. The van der Waals surface area contributed by atoms with Gasteiger partial charge in [-0.15, -0.1) is 0 Å². The van der Waals surface area contributed by atoms with Crippen molar-refractivity contribution in [3.8, 4) is 0 Å². The molecule has 2 unspecified atom stereocenters. The topological polar surface area (TPSA) is 18.5 Å². The minimum absolute atomic E-state index is 0.0391. The fourth-order valence-corrected chi connectivity index (χ4v) is 4.14. The second kappa shape index (κ2) is 6.59. The lowest BCUT2D eigenvalue weighted by molar-refractivity contribution is -0.0440. The van der Waals surface area contributed by atoms with Crippen molar-refractivity contribution in [1.29, 1.82) is 0 Å². The van der Waals surface area contributed by atoms with Gasteiger partial charge in [-0.1, -0.05) is 40.5 Å². The molecule has 0 N–H and O–H groups in total. The van der Waals surface area contributed by atoms with Crippen molar-refractivity contribution in [3.63, 3.8) is 0 Å². The fourth-order valence-electron chi connectivity index (χ4n) is 1.38. The van der Waals surface area contributed by atoms with Crippen molar-refractivity contribution in [2.24, 2.45) is 0 Å². The molecule has 0 aliphatic carbocycles. The molecule has 0 amide bonds. The first kappa shape index (κ1) is 14.1. The van der Waals surface area contributed by atoms with Crippen LogP contribution in [0.5, 0.6) is 0 Å². The van der Waals surface area contributed by atoms with Crippen LogP contribution in [0.4, 0.5) is 0 Å². The smallest absolute Gasteiger partial charge is 0.185 e. The third-order valence-electron chi connectivity index (χ3n) is 2.47. The number of ether oxygens (including phenoxy) is 1. The van der Waals surface area contributed by atoms with Crippen molar-refractivity contribution in [1.82, 2.24) is 0 Å². The highest BCUT2D eigenvalue weighted by molar-refractivity contribution is 6.55. The van der Waals surface area contributed by atoms with Crippen molar-refractivity contribution in [3.05, 3.63) is 0 Å². The molecule has 0 aromatic rings. The summed E-state index contributed by atoms with van der Waals surface area (Å²) in [5.74, 6) is 0. The van der Waals surface area contributed by atoms with Crippen molar-refractivity contribution >= 4 is 9.04 Å². The lowest BCUT2D eigenvalue weighted by Gasteiger charge is -2.31. The number of unbranched alkanes of at least 4 members (excludes halogenated alkanes) is 1. The molecule has 0 radical (unpaired) electrons. The maximum atomic E-state index is 5.98. The number of rotatable bonds is 6. The Kier molecular flexibility index (Phi) is 6.65. The molecule has 3 heteroatoms. The first-order valence-corrected chi connectivity index (χ1v) is 7.46. The van der Waals surface area contributed by atoms with Crippen LogP contribution in [-0.4, -0.2) is 22.4 Å². The quantitative estimate of drug-likeness (QED) is 0.503. The summed E-state index contributed by atoms with van der Waals surface area (Å²) in [7, 11) is 0.567. The van der Waals surface area contributed by atoms with Gasteiger partial charge in [-0.05, 0) is 18.0 Å². The molecule has 0 aromatic heterocycles. The van der Waals surface area contributed by atoms with Gasteiger partial charge in [-0.2, -0.15) is 0 Å². The van der Waals surface area contributed by atoms with Crippen LogP contribution in [0.15, 0.2) is 0 Å². The molecular formula is C11H26O2Si. The van der Waals surface area contributed by atoms with E-state index in [1.165, 1.54) is 18.9 Å². The van der Waals surface area contributed by atoms with Crippen LogP contribution in [0.25, 0.3) is 0 Å². The molecule has 0 rings (SSSR count). The standard InChI is InChI=1S/C11H26O2Si/c1-7-8-9-14(11(3,4)5)13-10(2)12-6/h10,14H,7-9H2,1-6H3. The van der Waals surface area contributed by atoms with Crippen LogP contribution in [-0.2, 0) is 9.16 Å². The summed E-state index contributed by atoms with van der Waals surface area (Å²) in [6, 6.07) is 1.26. The van der Waals surface area contributed by atoms with E-state index in [9.17, 15) is 0 Å². The van der Waals surface area contributed by atoms with Gasteiger partial charge < -0.3 is 9.16 Å². The molecule has 0 saturated heterocycles. The minimum atomic E-state index is -1.14. The predicted molar refractivity (Wildman–Crippen MR) is 64.1 cm³/mol. The zero-order valence-corrected chi connectivity index (χ0v) is 11.7. The molecule has 0 saturated carbocycles. The first-order chi connectivity index (χ1) is 6.41. The maximum Gasteiger partial charge on any atom is 0.185 e. The second-order valence-electron chi connectivity index (χ2n) is 4.94. The van der Waals surface area contributed by atoms with E-state index in [1.54, 1.807) is 7.11 Å². The number of methoxy groups -OCH3 is 1. The molecule has 0 aromatic carbocycles. The van der Waals surface area contributed by atoms with Crippen LogP contribution in [0.3, 0.4) is 0 Å². The maximum absolute atomic E-state index is 5.98. The van der Waals surface area contributed by atoms with Gasteiger partial charge in [-0.3, -0.25) is 0 Å². The van der Waals surface area contributed by atoms with Crippen molar-refractivity contribution in [2.45, 2.75) is 64.8 Å². The molecular weight excluding hydrogens is 192 g/mol. The predicted octanol–water partition coefficient (Wildman–Crippen LogP) is 3.32. The van der Waals surface area contributed by atoms with Gasteiger partial charge in [0.25, 0.3) is 0 Å². The summed E-state index contributed by atoms with van der Waals surface area (Å²) in [6.45, 7) is 11.1. The van der Waals surface area contributed by atoms with Gasteiger partial charge in [0.05, 0.1) is 0 Å². The Morgan fingerprint density at radius 3 is 2.21 bits per heavy atom. The fraction of sp³-hybridized carbons (Fsp3) is 1.00. The van der Waals surface area contributed by atoms with E-state index in [4.69, 9.17) is 9.16 Å². The molecule has 0 spiro atoms. The molecule has 2 nitrogen and oxygen atoms in total. The minimum Gasteiger partial charge on any atom is -0.395 e. The highest BCUT2D eigenvalue weighted by atomic mass is 28.3. The Bertz CT molecular complexity index is 143. The summed E-state index contributed by atoms with van der Waals surface area (Å²) >= 11 is 0. The van der Waals surface area contributed by atoms with Crippen molar-refractivity contribution in [2.75, 3.05) is 7.11 Å². The average molecular weight is 218 g/mol. The Morgan fingerprint density at radius 1 is 1.29 bits per heavy atom. The van der Waals surface area contributed by atoms with Crippen molar-refractivity contribution < 1.29 is 9.16 Å². The molecule has 0 heterocycles. The third-order valence-corrected chi connectivity index (χ3v) is 6.05. The van der Waals surface area contributed by atoms with Gasteiger partial charge in [0.2, 0.25) is 0 Å². The highest BCUT2D eigenvalue weighted by Crippen LogP contribution is 2.31. The SMILES string of the molecule is CCCC[SiH](OC(C)OC)C(C)(C)C. The Morgan fingerprint density at radius 2 is 1.86 bits per heavy atom. The Labute approximate surface area is 90.7 Å². The van der Waals surface area contributed by atoms with Crippen LogP contribution >= 0.6 is 0 Å². The van der Waals surface area contributed by atoms with E-state index >= 15 is 0 Å². The van der Waals surface area contributed by atoms with Gasteiger partial charge in [0, 0.05) is 7.11 Å². The third kappa shape index (κ3) is 5.78. The lowest BCUT2D eigenvalue weighted by atomic mass is 10.2. The normalized spacial score (nSPS) is 16.7. The molecule has 0 aliphatic rings. The van der Waals surface area contributed by atoms with Crippen LogP contribution in [0.1, 0.15) is 47.5 Å². The summed E-state index contributed by atoms with van der Waals surface area (Å²) < 4.78 is 11.2. The molecule has 0 aliphatic heterocycles. The van der Waals surface area contributed by atoms with E-state index in [0.29, 0.717) is 5.04 Å². The Balaban J connectivity index is 4.11. The van der Waals surface area contributed by atoms with E-state index in [-0.39, 0.29) is 6.29 Å². The van der Waals surface area contributed by atoms with Gasteiger partial charge in [0.15, 0.2) is 9.04 Å². The van der Waals surface area contributed by atoms with Gasteiger partial charge >= 0.3 is 0 Å². The second-order valence-corrected chi connectivity index (χ2v) is 8.50. The lowest BCUT2D eigenvalue weighted by Crippen LogP contribution is -2.33. The summed E-state index contributed by atoms with van der Waals surface area (Å²) in [6.07, 6.45) is 2.50. The highest BCUT2D eigenvalue weighted by Gasteiger charge is 2.28. The Hall–Kier alpha value is 0.137.